The summed E-state index contributed by atoms with van der Waals surface area (Å²) in [6.45, 7) is 0. The molecule has 4 N–H and O–H groups in total. The van der Waals surface area contributed by atoms with Gasteiger partial charge in [-0.05, 0) is 28.8 Å². The molecule has 0 atom stereocenters. The molecule has 0 aliphatic heterocycles. The number of anilines is 1. The van der Waals surface area contributed by atoms with E-state index in [-0.39, 0.29) is 22.5 Å². The van der Waals surface area contributed by atoms with Crippen molar-refractivity contribution in [3.63, 3.8) is 0 Å². The van der Waals surface area contributed by atoms with Gasteiger partial charge in [0.15, 0.2) is 0 Å². The van der Waals surface area contributed by atoms with Crippen LogP contribution in [-0.2, 0) is 0 Å². The normalized spacial score (nSPS) is 10.1. The first kappa shape index (κ1) is 18.4. The number of hydrogen-bond acceptors (Lipinski definition) is 5. The maximum Gasteiger partial charge on any atom is 0.338 e. The number of hydrogen-bond donors (Lipinski definition) is 3. The van der Waals surface area contributed by atoms with Gasteiger partial charge in [0.05, 0.1) is 5.56 Å². The molecule has 2 aromatic carbocycles. The highest BCUT2D eigenvalue weighted by molar-refractivity contribution is 5.89. The van der Waals surface area contributed by atoms with E-state index in [0.717, 1.165) is 6.07 Å². The summed E-state index contributed by atoms with van der Waals surface area (Å²) in [5.74, 6) is -2.37. The molecular weight excluding hydrogens is 363 g/mol. The highest BCUT2D eigenvalue weighted by Crippen LogP contribution is 2.30. The first-order valence-corrected chi connectivity index (χ1v) is 7.87. The van der Waals surface area contributed by atoms with E-state index < -0.39 is 22.9 Å². The molecule has 0 aliphatic rings. The molecule has 28 heavy (non-hydrogen) atoms. The van der Waals surface area contributed by atoms with E-state index in [1.807, 2.05) is 6.07 Å². The number of aromatic nitrogens is 1. The number of nitrogen functional groups attached to an aromatic ring is 1. The van der Waals surface area contributed by atoms with Gasteiger partial charge in [-0.1, -0.05) is 30.3 Å². The molecule has 8 heteroatoms. The molecule has 3 aromatic rings. The van der Waals surface area contributed by atoms with Gasteiger partial charge < -0.3 is 15.8 Å². The van der Waals surface area contributed by atoms with Gasteiger partial charge in [-0.25, -0.2) is 9.18 Å². The Hall–Kier alpha value is -4.43. The minimum Gasteiger partial charge on any atom is -0.478 e. The van der Waals surface area contributed by atoms with E-state index in [1.54, 1.807) is 30.3 Å². The van der Waals surface area contributed by atoms with Crippen molar-refractivity contribution >= 4 is 11.8 Å². The number of aromatic amines is 1. The minimum absolute atomic E-state index is 0.0271. The Morgan fingerprint density at radius 2 is 1.57 bits per heavy atom. The summed E-state index contributed by atoms with van der Waals surface area (Å²) >= 11 is 0. The van der Waals surface area contributed by atoms with Crippen LogP contribution in [0.4, 0.5) is 10.2 Å². The zero-order valence-corrected chi connectivity index (χ0v) is 14.2. The van der Waals surface area contributed by atoms with Crippen LogP contribution in [0.3, 0.4) is 0 Å². The number of carboxylic acids is 1. The number of aromatic carboxylic acids is 1. The summed E-state index contributed by atoms with van der Waals surface area (Å²) in [6, 6.07) is 13.7. The summed E-state index contributed by atoms with van der Waals surface area (Å²) in [5.41, 5.74) is 5.84. The fourth-order valence-electron chi connectivity index (χ4n) is 2.83. The lowest BCUT2D eigenvalue weighted by Gasteiger charge is -2.10. The van der Waals surface area contributed by atoms with Crippen molar-refractivity contribution < 1.29 is 14.3 Å². The second-order valence-electron chi connectivity index (χ2n) is 5.79. The van der Waals surface area contributed by atoms with E-state index in [9.17, 15) is 24.5 Å². The molecule has 1 heterocycles. The minimum atomic E-state index is -1.36. The SMILES string of the molecule is N#Cc1c(N)[nH]c(=O)c(C#N)c1-c1ccc(-c2ccc(C(=O)O)c(F)c2)cc1. The first-order chi connectivity index (χ1) is 13.4. The predicted octanol–water partition coefficient (Wildman–Crippen LogP) is 2.87. The highest BCUT2D eigenvalue weighted by atomic mass is 19.1. The van der Waals surface area contributed by atoms with Gasteiger partial charge in [0.2, 0.25) is 0 Å². The Balaban J connectivity index is 2.12. The number of carbonyl (C=O) groups is 1. The number of carboxylic acid groups (broad SMARTS) is 1. The topological polar surface area (TPSA) is 144 Å². The number of rotatable bonds is 3. The van der Waals surface area contributed by atoms with Gasteiger partial charge in [-0.2, -0.15) is 10.5 Å². The van der Waals surface area contributed by atoms with E-state index in [1.165, 1.54) is 12.1 Å². The van der Waals surface area contributed by atoms with Crippen LogP contribution in [0.2, 0.25) is 0 Å². The molecule has 0 fully saturated rings. The van der Waals surface area contributed by atoms with E-state index >= 15 is 0 Å². The molecule has 0 bridgehead atoms. The number of halogens is 1. The zero-order valence-electron chi connectivity index (χ0n) is 14.2. The van der Waals surface area contributed by atoms with Crippen molar-refractivity contribution in [3.05, 3.63) is 75.3 Å². The molecular formula is C20H11FN4O3. The van der Waals surface area contributed by atoms with E-state index in [2.05, 4.69) is 4.98 Å². The Morgan fingerprint density at radius 3 is 2.11 bits per heavy atom. The summed E-state index contributed by atoms with van der Waals surface area (Å²) in [5, 5.41) is 27.6. The molecule has 7 nitrogen and oxygen atoms in total. The molecule has 0 spiro atoms. The Bertz CT molecular complexity index is 1250. The highest BCUT2D eigenvalue weighted by Gasteiger charge is 2.18. The molecule has 0 radical (unpaired) electrons. The van der Waals surface area contributed by atoms with Gasteiger partial charge in [-0.3, -0.25) is 4.79 Å². The van der Waals surface area contributed by atoms with Gasteiger partial charge >= 0.3 is 5.97 Å². The summed E-state index contributed by atoms with van der Waals surface area (Å²) < 4.78 is 13.9. The quantitative estimate of drug-likeness (QED) is 0.643. The van der Waals surface area contributed by atoms with Gasteiger partial charge in [0, 0.05) is 5.56 Å². The van der Waals surface area contributed by atoms with Gasteiger partial charge in [0.1, 0.15) is 34.9 Å². The van der Waals surface area contributed by atoms with E-state index in [0.29, 0.717) is 16.7 Å². The lowest BCUT2D eigenvalue weighted by Crippen LogP contribution is -2.16. The van der Waals surface area contributed by atoms with Crippen LogP contribution in [-0.4, -0.2) is 16.1 Å². The molecule has 0 unspecified atom stereocenters. The standard InChI is InChI=1S/C20H11FN4O3/c21-16-7-12(5-6-13(16)20(27)28)10-1-3-11(4-2-10)17-14(8-22)18(24)25-19(26)15(17)9-23/h1-7H,(H,27,28)(H3,24,25,26). The Labute approximate surface area is 157 Å². The van der Waals surface area contributed by atoms with Crippen LogP contribution in [0, 0.1) is 28.5 Å². The number of nitrogens with zero attached hydrogens (tertiary/aromatic N) is 2. The number of H-pyrrole nitrogens is 1. The molecule has 1 aromatic heterocycles. The molecule has 136 valence electrons. The Morgan fingerprint density at radius 1 is 1.00 bits per heavy atom. The molecule has 0 amide bonds. The largest absolute Gasteiger partial charge is 0.478 e. The summed E-state index contributed by atoms with van der Waals surface area (Å²) in [7, 11) is 0. The zero-order chi connectivity index (χ0) is 20.4. The molecule has 0 saturated heterocycles. The van der Waals surface area contributed by atoms with Crippen LogP contribution in [0.15, 0.2) is 47.3 Å². The van der Waals surface area contributed by atoms with Crippen molar-refractivity contribution in [2.24, 2.45) is 0 Å². The average molecular weight is 374 g/mol. The monoisotopic (exact) mass is 374 g/mol. The van der Waals surface area contributed by atoms with Crippen molar-refractivity contribution in [1.29, 1.82) is 10.5 Å². The Kier molecular flexibility index (Phi) is 4.63. The number of nitrogens with one attached hydrogen (secondary N) is 1. The second kappa shape index (κ2) is 7.06. The second-order valence-corrected chi connectivity index (χ2v) is 5.79. The third-order valence-electron chi connectivity index (χ3n) is 4.17. The van der Waals surface area contributed by atoms with Crippen LogP contribution in [0.5, 0.6) is 0 Å². The lowest BCUT2D eigenvalue weighted by atomic mass is 9.94. The molecule has 3 rings (SSSR count). The van der Waals surface area contributed by atoms with Crippen molar-refractivity contribution in [3.8, 4) is 34.4 Å². The number of benzene rings is 2. The van der Waals surface area contributed by atoms with Gasteiger partial charge in [0.25, 0.3) is 5.56 Å². The van der Waals surface area contributed by atoms with Crippen LogP contribution >= 0.6 is 0 Å². The maximum atomic E-state index is 13.9. The first-order valence-electron chi connectivity index (χ1n) is 7.87. The molecule has 0 saturated carbocycles. The van der Waals surface area contributed by atoms with Crippen molar-refractivity contribution in [1.82, 2.24) is 4.98 Å². The fourth-order valence-corrected chi connectivity index (χ4v) is 2.83. The number of pyridine rings is 1. The maximum absolute atomic E-state index is 13.9. The number of nitriles is 2. The number of nitrogens with two attached hydrogens (primary N) is 1. The predicted molar refractivity (Wildman–Crippen MR) is 98.7 cm³/mol. The third kappa shape index (κ3) is 3.06. The van der Waals surface area contributed by atoms with Crippen LogP contribution < -0.4 is 11.3 Å². The average Bonchev–Trinajstić information content (AvgIpc) is 2.67. The van der Waals surface area contributed by atoms with Gasteiger partial charge in [-0.15, -0.1) is 0 Å². The fraction of sp³-hybridized carbons (Fsp3) is 0. The summed E-state index contributed by atoms with van der Waals surface area (Å²) in [4.78, 5) is 25.2. The molecule has 0 aliphatic carbocycles. The summed E-state index contributed by atoms with van der Waals surface area (Å²) in [6.07, 6.45) is 0. The van der Waals surface area contributed by atoms with Crippen molar-refractivity contribution in [2.45, 2.75) is 0 Å². The lowest BCUT2D eigenvalue weighted by molar-refractivity contribution is 0.0692. The van der Waals surface area contributed by atoms with E-state index in [4.69, 9.17) is 10.8 Å². The van der Waals surface area contributed by atoms with Crippen LogP contribution in [0.1, 0.15) is 21.5 Å². The smallest absolute Gasteiger partial charge is 0.338 e. The third-order valence-corrected chi connectivity index (χ3v) is 4.17. The van der Waals surface area contributed by atoms with Crippen LogP contribution in [0.25, 0.3) is 22.3 Å². The van der Waals surface area contributed by atoms with Crippen molar-refractivity contribution in [2.75, 3.05) is 5.73 Å².